The Bertz CT molecular complexity index is 350. The largest absolute Gasteiger partial charge is 0.394 e. The number of hydrogen-bond acceptors (Lipinski definition) is 3. The molecule has 1 aromatic carbocycles. The van der Waals surface area contributed by atoms with Crippen LogP contribution in [-0.2, 0) is 6.54 Å². The van der Waals surface area contributed by atoms with Gasteiger partial charge in [-0.1, -0.05) is 30.3 Å². The Morgan fingerprint density at radius 1 is 1.24 bits per heavy atom. The third-order valence-corrected chi connectivity index (χ3v) is 2.41. The molecule has 0 aliphatic rings. The molecule has 17 heavy (non-hydrogen) atoms. The molecule has 1 aromatic rings. The van der Waals surface area contributed by atoms with E-state index >= 15 is 0 Å². The number of urea groups is 1. The predicted octanol–water partition coefficient (Wildman–Crippen LogP) is 0.229. The van der Waals surface area contributed by atoms with Crippen LogP contribution in [-0.4, -0.2) is 35.0 Å². The van der Waals surface area contributed by atoms with Gasteiger partial charge < -0.3 is 20.8 Å². The van der Waals surface area contributed by atoms with Crippen LogP contribution in [0.5, 0.6) is 0 Å². The van der Waals surface area contributed by atoms with E-state index in [1.165, 1.54) is 0 Å². The topological polar surface area (TPSA) is 81.6 Å². The maximum Gasteiger partial charge on any atom is 0.315 e. The van der Waals surface area contributed by atoms with Crippen LogP contribution in [0.2, 0.25) is 0 Å². The summed E-state index contributed by atoms with van der Waals surface area (Å²) in [5.41, 5.74) is -0.0156. The first-order chi connectivity index (χ1) is 8.09. The van der Waals surface area contributed by atoms with Gasteiger partial charge in [0.2, 0.25) is 0 Å². The number of aliphatic hydroxyl groups excluding tert-OH is 2. The lowest BCUT2D eigenvalue weighted by molar-refractivity contribution is 0.109. The molecule has 0 fully saturated rings. The van der Waals surface area contributed by atoms with Crippen LogP contribution in [0.1, 0.15) is 12.5 Å². The Morgan fingerprint density at radius 2 is 1.82 bits per heavy atom. The van der Waals surface area contributed by atoms with Gasteiger partial charge in [-0.05, 0) is 12.5 Å². The van der Waals surface area contributed by atoms with E-state index in [1.54, 1.807) is 6.92 Å². The molecule has 0 saturated heterocycles. The lowest BCUT2D eigenvalue weighted by Gasteiger charge is -2.26. The minimum absolute atomic E-state index is 0.317. The van der Waals surface area contributed by atoms with E-state index < -0.39 is 11.6 Å². The fourth-order valence-corrected chi connectivity index (χ4v) is 1.23. The smallest absolute Gasteiger partial charge is 0.315 e. The molecule has 5 nitrogen and oxygen atoms in total. The highest BCUT2D eigenvalue weighted by molar-refractivity contribution is 5.74. The molecule has 2 amide bonds. The average molecular weight is 238 g/mol. The number of carbonyl (C=O) groups is 1. The monoisotopic (exact) mass is 238 g/mol. The first-order valence-electron chi connectivity index (χ1n) is 5.41. The van der Waals surface area contributed by atoms with E-state index in [1.807, 2.05) is 30.3 Å². The number of amides is 2. The number of hydrogen-bond donors (Lipinski definition) is 4. The standard InChI is InChI=1S/C12H18N2O3/c1-12(8-15,9-16)14-11(17)13-7-10-5-3-2-4-6-10/h2-6,15-16H,7-9H2,1H3,(H2,13,14,17). The molecule has 0 aromatic heterocycles. The molecule has 0 heterocycles. The van der Waals surface area contributed by atoms with Crippen LogP contribution < -0.4 is 10.6 Å². The first kappa shape index (κ1) is 13.5. The van der Waals surface area contributed by atoms with Gasteiger partial charge >= 0.3 is 6.03 Å². The molecule has 0 spiro atoms. The summed E-state index contributed by atoms with van der Waals surface area (Å²) in [5.74, 6) is 0. The van der Waals surface area contributed by atoms with E-state index in [9.17, 15) is 4.79 Å². The van der Waals surface area contributed by atoms with Crippen molar-refractivity contribution in [3.05, 3.63) is 35.9 Å². The first-order valence-corrected chi connectivity index (χ1v) is 5.41. The van der Waals surface area contributed by atoms with Gasteiger partial charge in [-0.25, -0.2) is 4.79 Å². The zero-order valence-electron chi connectivity index (χ0n) is 9.81. The highest BCUT2D eigenvalue weighted by Gasteiger charge is 2.24. The van der Waals surface area contributed by atoms with E-state index in [2.05, 4.69) is 10.6 Å². The fourth-order valence-electron chi connectivity index (χ4n) is 1.23. The van der Waals surface area contributed by atoms with Gasteiger partial charge in [-0.15, -0.1) is 0 Å². The Balaban J connectivity index is 2.40. The molecule has 1 rings (SSSR count). The molecule has 0 aliphatic heterocycles. The normalized spacial score (nSPS) is 11.0. The van der Waals surface area contributed by atoms with Crippen LogP contribution in [0.25, 0.3) is 0 Å². The summed E-state index contributed by atoms with van der Waals surface area (Å²) in [5, 5.41) is 23.2. The zero-order valence-corrected chi connectivity index (χ0v) is 9.81. The number of benzene rings is 1. The van der Waals surface area contributed by atoms with Crippen molar-refractivity contribution in [2.45, 2.75) is 19.0 Å². The summed E-state index contributed by atoms with van der Waals surface area (Å²) in [6.07, 6.45) is 0. The van der Waals surface area contributed by atoms with E-state index in [-0.39, 0.29) is 13.2 Å². The van der Waals surface area contributed by atoms with Crippen molar-refractivity contribution in [1.29, 1.82) is 0 Å². The fraction of sp³-hybridized carbons (Fsp3) is 0.417. The minimum Gasteiger partial charge on any atom is -0.394 e. The Kier molecular flexibility index (Phi) is 4.93. The van der Waals surface area contributed by atoms with Crippen molar-refractivity contribution in [2.75, 3.05) is 13.2 Å². The summed E-state index contributed by atoms with van der Waals surface area (Å²) in [6, 6.07) is 9.06. The van der Waals surface area contributed by atoms with Crippen LogP contribution in [0.15, 0.2) is 30.3 Å². The van der Waals surface area contributed by atoms with Gasteiger partial charge in [0.05, 0.1) is 18.8 Å². The van der Waals surface area contributed by atoms with Gasteiger partial charge in [0.15, 0.2) is 0 Å². The quantitative estimate of drug-likeness (QED) is 0.592. The summed E-state index contributed by atoms with van der Waals surface area (Å²) < 4.78 is 0. The Labute approximate surface area is 100 Å². The molecular weight excluding hydrogens is 220 g/mol. The van der Waals surface area contributed by atoms with Crippen molar-refractivity contribution in [3.63, 3.8) is 0 Å². The maximum atomic E-state index is 11.5. The highest BCUT2D eigenvalue weighted by atomic mass is 16.3. The van der Waals surface area contributed by atoms with Crippen LogP contribution in [0.4, 0.5) is 4.79 Å². The minimum atomic E-state index is -0.999. The molecule has 0 atom stereocenters. The summed E-state index contributed by atoms with van der Waals surface area (Å²) >= 11 is 0. The second-order valence-corrected chi connectivity index (χ2v) is 4.17. The van der Waals surface area contributed by atoms with E-state index in [4.69, 9.17) is 10.2 Å². The van der Waals surface area contributed by atoms with Gasteiger partial charge in [0, 0.05) is 6.54 Å². The van der Waals surface area contributed by atoms with E-state index in [0.717, 1.165) is 5.56 Å². The summed E-state index contributed by atoms with van der Waals surface area (Å²) in [6.45, 7) is 1.33. The van der Waals surface area contributed by atoms with Gasteiger partial charge in [-0.2, -0.15) is 0 Å². The molecule has 5 heteroatoms. The SMILES string of the molecule is CC(CO)(CO)NC(=O)NCc1ccccc1. The number of aliphatic hydroxyl groups is 2. The van der Waals surface area contributed by atoms with Gasteiger partial charge in [-0.3, -0.25) is 0 Å². The zero-order chi connectivity index (χ0) is 12.7. The molecular formula is C12H18N2O3. The van der Waals surface area contributed by atoms with Gasteiger partial charge in [0.25, 0.3) is 0 Å². The Hall–Kier alpha value is -1.59. The predicted molar refractivity (Wildman–Crippen MR) is 64.4 cm³/mol. The average Bonchev–Trinajstić information content (AvgIpc) is 2.37. The number of carbonyl (C=O) groups excluding carboxylic acids is 1. The third-order valence-electron chi connectivity index (χ3n) is 2.41. The van der Waals surface area contributed by atoms with Crippen molar-refractivity contribution in [1.82, 2.24) is 10.6 Å². The van der Waals surface area contributed by atoms with Crippen LogP contribution >= 0.6 is 0 Å². The molecule has 0 aliphatic carbocycles. The molecule has 0 saturated carbocycles. The summed E-state index contributed by atoms with van der Waals surface area (Å²) in [7, 11) is 0. The molecule has 0 unspecified atom stereocenters. The molecule has 0 radical (unpaired) electrons. The number of rotatable bonds is 5. The molecule has 4 N–H and O–H groups in total. The van der Waals surface area contributed by atoms with Crippen molar-refractivity contribution < 1.29 is 15.0 Å². The second kappa shape index (κ2) is 6.22. The van der Waals surface area contributed by atoms with Crippen LogP contribution in [0, 0.1) is 0 Å². The Morgan fingerprint density at radius 3 is 2.35 bits per heavy atom. The number of nitrogens with one attached hydrogen (secondary N) is 2. The second-order valence-electron chi connectivity index (χ2n) is 4.17. The van der Waals surface area contributed by atoms with Crippen molar-refractivity contribution in [2.24, 2.45) is 0 Å². The highest BCUT2D eigenvalue weighted by Crippen LogP contribution is 2.01. The van der Waals surface area contributed by atoms with Crippen molar-refractivity contribution in [3.8, 4) is 0 Å². The lowest BCUT2D eigenvalue weighted by atomic mass is 10.1. The molecule has 94 valence electrons. The third kappa shape index (κ3) is 4.42. The lowest BCUT2D eigenvalue weighted by Crippen LogP contribution is -2.54. The van der Waals surface area contributed by atoms with Crippen LogP contribution in [0.3, 0.4) is 0 Å². The molecule has 0 bridgehead atoms. The van der Waals surface area contributed by atoms with E-state index in [0.29, 0.717) is 6.54 Å². The maximum absolute atomic E-state index is 11.5. The van der Waals surface area contributed by atoms with Crippen molar-refractivity contribution >= 4 is 6.03 Å². The summed E-state index contributed by atoms with van der Waals surface area (Å²) in [4.78, 5) is 11.5. The van der Waals surface area contributed by atoms with Gasteiger partial charge in [0.1, 0.15) is 0 Å².